The number of halogens is 1. The van der Waals surface area contributed by atoms with Crippen molar-refractivity contribution in [2.24, 2.45) is 0 Å². The molecule has 1 rings (SSSR count). The number of rotatable bonds is 3. The molecule has 1 N–H and O–H groups in total. The Morgan fingerprint density at radius 3 is 2.44 bits per heavy atom. The molecule has 0 aliphatic carbocycles. The molecule has 6 heteroatoms. The molecule has 0 aliphatic rings. The van der Waals surface area contributed by atoms with Crippen molar-refractivity contribution in [3.63, 3.8) is 0 Å². The molecule has 1 unspecified atom stereocenters. The third kappa shape index (κ3) is 2.36. The number of aliphatic carboxylic acids is 1. The average Bonchev–Trinajstić information content (AvgIpc) is 2.20. The first kappa shape index (κ1) is 13.0. The van der Waals surface area contributed by atoms with E-state index in [2.05, 4.69) is 0 Å². The summed E-state index contributed by atoms with van der Waals surface area (Å²) in [6.07, 6.45) is 0. The maximum Gasteiger partial charge on any atom is 0.321 e. The van der Waals surface area contributed by atoms with E-state index < -0.39 is 21.1 Å². The van der Waals surface area contributed by atoms with Crippen LogP contribution in [0.5, 0.6) is 0 Å². The predicted molar refractivity (Wildman–Crippen MR) is 60.5 cm³/mol. The first-order valence-corrected chi connectivity index (χ1v) is 6.42. The zero-order chi connectivity index (χ0) is 12.5. The molecular formula is C10H11ClO4S. The van der Waals surface area contributed by atoms with Crippen molar-refractivity contribution in [2.45, 2.75) is 24.0 Å². The molecule has 0 heterocycles. The fourth-order valence-corrected chi connectivity index (χ4v) is 2.55. The topological polar surface area (TPSA) is 71.4 Å². The van der Waals surface area contributed by atoms with Gasteiger partial charge in [-0.15, -0.1) is 0 Å². The zero-order valence-corrected chi connectivity index (χ0v) is 10.3. The Labute approximate surface area is 98.8 Å². The number of benzene rings is 1. The maximum absolute atomic E-state index is 11.8. The highest BCUT2D eigenvalue weighted by atomic mass is 35.5. The second kappa shape index (κ2) is 4.43. The van der Waals surface area contributed by atoms with Gasteiger partial charge in [0.15, 0.2) is 15.1 Å². The van der Waals surface area contributed by atoms with Crippen LogP contribution in [0.25, 0.3) is 0 Å². The molecule has 1 atom stereocenters. The monoisotopic (exact) mass is 262 g/mol. The molecule has 0 saturated carbocycles. The van der Waals surface area contributed by atoms with Crippen molar-refractivity contribution in [3.8, 4) is 0 Å². The second-order valence-electron chi connectivity index (χ2n) is 3.44. The summed E-state index contributed by atoms with van der Waals surface area (Å²) in [6, 6.07) is 4.17. The molecule has 0 bridgehead atoms. The Kier molecular flexibility index (Phi) is 3.60. The number of carboxylic acid groups (broad SMARTS) is 1. The second-order valence-corrected chi connectivity index (χ2v) is 6.11. The fraction of sp³-hybridized carbons (Fsp3) is 0.300. The van der Waals surface area contributed by atoms with Crippen molar-refractivity contribution >= 4 is 27.4 Å². The summed E-state index contributed by atoms with van der Waals surface area (Å²) in [6.45, 7) is 2.87. The van der Waals surface area contributed by atoms with Crippen molar-refractivity contribution in [1.82, 2.24) is 0 Å². The number of carboxylic acids is 1. The minimum absolute atomic E-state index is 0.0713. The lowest BCUT2D eigenvalue weighted by Crippen LogP contribution is -2.26. The van der Waals surface area contributed by atoms with Crippen LogP contribution in [0.1, 0.15) is 12.5 Å². The lowest BCUT2D eigenvalue weighted by atomic mass is 10.2. The van der Waals surface area contributed by atoms with Gasteiger partial charge in [0.2, 0.25) is 0 Å². The van der Waals surface area contributed by atoms with Gasteiger partial charge in [-0.3, -0.25) is 4.79 Å². The van der Waals surface area contributed by atoms with E-state index in [4.69, 9.17) is 16.7 Å². The summed E-state index contributed by atoms with van der Waals surface area (Å²) >= 11 is 5.79. The van der Waals surface area contributed by atoms with E-state index in [1.165, 1.54) is 12.1 Å². The van der Waals surface area contributed by atoms with Gasteiger partial charge in [0.25, 0.3) is 0 Å². The summed E-state index contributed by atoms with van der Waals surface area (Å²) in [5.41, 5.74) is 0.739. The molecule has 1 aromatic rings. The average molecular weight is 263 g/mol. The van der Waals surface area contributed by atoms with E-state index in [1.807, 2.05) is 0 Å². The highest BCUT2D eigenvalue weighted by molar-refractivity contribution is 7.92. The van der Waals surface area contributed by atoms with E-state index in [1.54, 1.807) is 13.0 Å². The largest absolute Gasteiger partial charge is 0.480 e. The molecule has 0 saturated heterocycles. The number of aryl methyl sites for hydroxylation is 1. The minimum Gasteiger partial charge on any atom is -0.480 e. The molecule has 0 aliphatic heterocycles. The molecule has 88 valence electrons. The van der Waals surface area contributed by atoms with Crippen LogP contribution in [0.2, 0.25) is 5.02 Å². The third-order valence-electron chi connectivity index (χ3n) is 2.29. The quantitative estimate of drug-likeness (QED) is 0.903. The molecule has 1 aromatic carbocycles. The molecular weight excluding hydrogens is 252 g/mol. The minimum atomic E-state index is -3.86. The Bertz CT molecular complexity index is 522. The Balaban J connectivity index is 3.28. The molecule has 4 nitrogen and oxygen atoms in total. The predicted octanol–water partition coefficient (Wildman–Crippen LogP) is 1.90. The Hall–Kier alpha value is -1.07. The standard InChI is InChI=1S/C10H11ClO4S/c1-6-3-4-8(5-9(6)11)16(14,15)7(2)10(12)13/h3-5,7H,1-2H3,(H,12,13). The highest BCUT2D eigenvalue weighted by Crippen LogP contribution is 2.23. The zero-order valence-electron chi connectivity index (χ0n) is 8.77. The SMILES string of the molecule is Cc1ccc(S(=O)(=O)C(C)C(=O)O)cc1Cl. The molecule has 0 fully saturated rings. The van der Waals surface area contributed by atoms with Gasteiger partial charge in [-0.05, 0) is 31.5 Å². The van der Waals surface area contributed by atoms with Crippen LogP contribution in [0.15, 0.2) is 23.1 Å². The van der Waals surface area contributed by atoms with Crippen molar-refractivity contribution < 1.29 is 18.3 Å². The van der Waals surface area contributed by atoms with Gasteiger partial charge >= 0.3 is 5.97 Å². The van der Waals surface area contributed by atoms with Gasteiger partial charge in [-0.2, -0.15) is 0 Å². The number of hydrogen-bond donors (Lipinski definition) is 1. The van der Waals surface area contributed by atoms with Crippen LogP contribution >= 0.6 is 11.6 Å². The Morgan fingerprint density at radius 1 is 1.44 bits per heavy atom. The highest BCUT2D eigenvalue weighted by Gasteiger charge is 2.29. The molecule has 16 heavy (non-hydrogen) atoms. The summed E-state index contributed by atoms with van der Waals surface area (Å²) in [5.74, 6) is -1.38. The van der Waals surface area contributed by atoms with Crippen LogP contribution < -0.4 is 0 Å². The van der Waals surface area contributed by atoms with E-state index in [0.29, 0.717) is 5.02 Å². The van der Waals surface area contributed by atoms with Crippen LogP contribution in [0, 0.1) is 6.92 Å². The summed E-state index contributed by atoms with van der Waals surface area (Å²) in [7, 11) is -3.86. The van der Waals surface area contributed by atoms with Gasteiger partial charge in [0, 0.05) is 5.02 Å². The van der Waals surface area contributed by atoms with Crippen molar-refractivity contribution in [1.29, 1.82) is 0 Å². The van der Waals surface area contributed by atoms with Crippen LogP contribution in [-0.4, -0.2) is 24.7 Å². The van der Waals surface area contributed by atoms with Gasteiger partial charge in [-0.25, -0.2) is 8.42 Å². The smallest absolute Gasteiger partial charge is 0.321 e. The molecule has 0 radical (unpaired) electrons. The van der Waals surface area contributed by atoms with E-state index in [9.17, 15) is 13.2 Å². The fourth-order valence-electron chi connectivity index (χ4n) is 1.09. The van der Waals surface area contributed by atoms with E-state index >= 15 is 0 Å². The van der Waals surface area contributed by atoms with Crippen LogP contribution in [-0.2, 0) is 14.6 Å². The van der Waals surface area contributed by atoms with Gasteiger partial charge in [0.1, 0.15) is 0 Å². The van der Waals surface area contributed by atoms with Crippen molar-refractivity contribution in [3.05, 3.63) is 28.8 Å². The first-order chi connectivity index (χ1) is 7.26. The van der Waals surface area contributed by atoms with Gasteiger partial charge in [0.05, 0.1) is 4.90 Å². The first-order valence-electron chi connectivity index (χ1n) is 4.49. The Morgan fingerprint density at radius 2 is 2.00 bits per heavy atom. The lowest BCUT2D eigenvalue weighted by Gasteiger charge is -2.09. The molecule has 0 amide bonds. The normalized spacial score (nSPS) is 13.4. The summed E-state index contributed by atoms with van der Waals surface area (Å²) in [5, 5.41) is 7.51. The van der Waals surface area contributed by atoms with Gasteiger partial charge < -0.3 is 5.11 Å². The lowest BCUT2D eigenvalue weighted by molar-refractivity contribution is -0.136. The van der Waals surface area contributed by atoms with E-state index in [-0.39, 0.29) is 4.90 Å². The van der Waals surface area contributed by atoms with Gasteiger partial charge in [-0.1, -0.05) is 17.7 Å². The van der Waals surface area contributed by atoms with Crippen LogP contribution in [0.3, 0.4) is 0 Å². The maximum atomic E-state index is 11.8. The summed E-state index contributed by atoms with van der Waals surface area (Å²) < 4.78 is 23.6. The van der Waals surface area contributed by atoms with Crippen LogP contribution in [0.4, 0.5) is 0 Å². The number of sulfone groups is 1. The summed E-state index contributed by atoms with van der Waals surface area (Å²) in [4.78, 5) is 10.6. The molecule has 0 spiro atoms. The van der Waals surface area contributed by atoms with E-state index in [0.717, 1.165) is 12.5 Å². The molecule has 0 aromatic heterocycles. The number of hydrogen-bond acceptors (Lipinski definition) is 3. The number of carbonyl (C=O) groups is 1. The third-order valence-corrected chi connectivity index (χ3v) is 4.74. The van der Waals surface area contributed by atoms with Crippen molar-refractivity contribution in [2.75, 3.05) is 0 Å².